The molecule has 0 aromatic heterocycles. The first-order chi connectivity index (χ1) is 17.6. The SMILES string of the molecule is CC(C)(CCCCCCCl)c1cc2c(c(O[Si](C)(C)C(C)(C)C)c1)[C@@H]1C[C@H](CN=[N+]=[N-])CC[C@H]1C(C)(C)O2. The minimum atomic E-state index is -2.09. The largest absolute Gasteiger partial charge is 0.543 e. The topological polar surface area (TPSA) is 67.2 Å². The summed E-state index contributed by atoms with van der Waals surface area (Å²) in [6.45, 7) is 21.4. The van der Waals surface area contributed by atoms with E-state index in [-0.39, 0.29) is 16.1 Å². The van der Waals surface area contributed by atoms with E-state index in [4.69, 9.17) is 26.3 Å². The lowest BCUT2D eigenvalue weighted by atomic mass is 9.63. The average molecular weight is 562 g/mol. The fourth-order valence-corrected chi connectivity index (χ4v) is 7.41. The quantitative estimate of drug-likeness (QED) is 0.0673. The van der Waals surface area contributed by atoms with E-state index in [1.807, 2.05) is 0 Å². The number of hydrogen-bond donors (Lipinski definition) is 0. The lowest BCUT2D eigenvalue weighted by Gasteiger charge is -2.50. The van der Waals surface area contributed by atoms with E-state index < -0.39 is 8.32 Å². The van der Waals surface area contributed by atoms with E-state index in [9.17, 15) is 0 Å². The number of azide groups is 1. The fourth-order valence-electron chi connectivity index (χ4n) is 6.20. The summed E-state index contributed by atoms with van der Waals surface area (Å²) in [5.74, 6) is 3.95. The van der Waals surface area contributed by atoms with Crippen molar-refractivity contribution >= 4 is 19.9 Å². The highest BCUT2D eigenvalue weighted by Crippen LogP contribution is 2.57. The number of fused-ring (bicyclic) bond motifs is 3. The molecule has 1 saturated carbocycles. The van der Waals surface area contributed by atoms with Crippen LogP contribution in [0.1, 0.15) is 117 Å². The lowest BCUT2D eigenvalue weighted by Crippen LogP contribution is -2.48. The normalized spacial score (nSPS) is 23.1. The van der Waals surface area contributed by atoms with Gasteiger partial charge in [0.2, 0.25) is 8.32 Å². The molecule has 1 aromatic carbocycles. The van der Waals surface area contributed by atoms with E-state index in [2.05, 4.69) is 83.7 Å². The second kappa shape index (κ2) is 12.0. The van der Waals surface area contributed by atoms with Crippen molar-refractivity contribution in [1.82, 2.24) is 0 Å². The molecule has 1 heterocycles. The highest BCUT2D eigenvalue weighted by atomic mass is 35.5. The average Bonchev–Trinajstić information content (AvgIpc) is 2.80. The molecule has 7 heteroatoms. The molecule has 2 aliphatic rings. The molecule has 0 N–H and O–H groups in total. The van der Waals surface area contributed by atoms with Gasteiger partial charge in [0, 0.05) is 28.8 Å². The van der Waals surface area contributed by atoms with Gasteiger partial charge in [-0.05, 0) is 105 Å². The Morgan fingerprint density at radius 3 is 2.42 bits per heavy atom. The van der Waals surface area contributed by atoms with Crippen LogP contribution >= 0.6 is 11.6 Å². The molecule has 0 bridgehead atoms. The van der Waals surface area contributed by atoms with Crippen LogP contribution in [0.2, 0.25) is 18.1 Å². The van der Waals surface area contributed by atoms with Gasteiger partial charge in [0.15, 0.2) is 0 Å². The monoisotopic (exact) mass is 561 g/mol. The van der Waals surface area contributed by atoms with Crippen molar-refractivity contribution in [1.29, 1.82) is 0 Å². The molecule has 0 spiro atoms. The number of rotatable bonds is 11. The Labute approximate surface area is 238 Å². The molecule has 0 saturated heterocycles. The standard InChI is InChI=1S/C31H52ClN3O2Si/c1-29(2,3)38(8,9)37-27-20-23(30(4,5)16-12-10-11-13-17-32)19-26-28(27)24-18-22(21-34-35-33)14-15-25(24)31(6,7)36-26/h19-20,22,24-25H,10-18,21H2,1-9H3/t22-,24-,25-/m1/s1. The van der Waals surface area contributed by atoms with E-state index in [0.717, 1.165) is 49.5 Å². The van der Waals surface area contributed by atoms with Gasteiger partial charge < -0.3 is 9.16 Å². The molecule has 38 heavy (non-hydrogen) atoms. The zero-order valence-electron chi connectivity index (χ0n) is 25.5. The van der Waals surface area contributed by atoms with Crippen molar-refractivity contribution in [2.24, 2.45) is 17.0 Å². The molecule has 1 aliphatic carbocycles. The highest BCUT2D eigenvalue weighted by Gasteiger charge is 2.49. The van der Waals surface area contributed by atoms with Crippen LogP contribution in [0.5, 0.6) is 11.5 Å². The predicted molar refractivity (Wildman–Crippen MR) is 163 cm³/mol. The van der Waals surface area contributed by atoms with Crippen molar-refractivity contribution < 1.29 is 9.16 Å². The third-order valence-corrected chi connectivity index (χ3v) is 14.4. The molecule has 3 rings (SSSR count). The second-order valence-electron chi connectivity index (χ2n) is 14.5. The second-order valence-corrected chi connectivity index (χ2v) is 19.6. The molecule has 0 unspecified atom stereocenters. The summed E-state index contributed by atoms with van der Waals surface area (Å²) in [7, 11) is -2.09. The summed E-state index contributed by atoms with van der Waals surface area (Å²) in [5.41, 5.74) is 11.3. The van der Waals surface area contributed by atoms with Gasteiger partial charge in [-0.15, -0.1) is 11.6 Å². The van der Waals surface area contributed by atoms with Crippen LogP contribution in [0.15, 0.2) is 17.2 Å². The van der Waals surface area contributed by atoms with Crippen LogP contribution < -0.4 is 9.16 Å². The maximum absolute atomic E-state index is 8.95. The molecular formula is C31H52ClN3O2Si. The third-order valence-electron chi connectivity index (χ3n) is 9.74. The first-order valence-corrected chi connectivity index (χ1v) is 18.2. The van der Waals surface area contributed by atoms with Gasteiger partial charge in [-0.1, -0.05) is 59.0 Å². The maximum atomic E-state index is 8.95. The smallest absolute Gasteiger partial charge is 0.250 e. The van der Waals surface area contributed by atoms with Gasteiger partial charge in [0.05, 0.1) is 0 Å². The van der Waals surface area contributed by atoms with Crippen molar-refractivity contribution in [2.75, 3.05) is 12.4 Å². The lowest BCUT2D eigenvalue weighted by molar-refractivity contribution is -0.0151. The van der Waals surface area contributed by atoms with Crippen LogP contribution in [-0.2, 0) is 5.41 Å². The van der Waals surface area contributed by atoms with Crippen LogP contribution in [0.3, 0.4) is 0 Å². The van der Waals surface area contributed by atoms with Gasteiger partial charge in [-0.2, -0.15) is 0 Å². The number of ether oxygens (including phenoxy) is 1. The fraction of sp³-hybridized carbons (Fsp3) is 0.806. The molecule has 1 fully saturated rings. The number of benzene rings is 1. The van der Waals surface area contributed by atoms with Gasteiger partial charge in [-0.3, -0.25) is 0 Å². The van der Waals surface area contributed by atoms with Crippen LogP contribution in [0, 0.1) is 11.8 Å². The van der Waals surface area contributed by atoms with Crippen molar-refractivity contribution in [3.05, 3.63) is 33.7 Å². The Morgan fingerprint density at radius 1 is 1.11 bits per heavy atom. The summed E-state index contributed by atoms with van der Waals surface area (Å²) < 4.78 is 14.0. The summed E-state index contributed by atoms with van der Waals surface area (Å²) in [5, 5.41) is 4.05. The molecular weight excluding hydrogens is 510 g/mol. The van der Waals surface area contributed by atoms with Crippen LogP contribution in [-0.4, -0.2) is 26.3 Å². The highest BCUT2D eigenvalue weighted by molar-refractivity contribution is 6.74. The first-order valence-electron chi connectivity index (χ1n) is 14.8. The van der Waals surface area contributed by atoms with E-state index in [0.29, 0.717) is 24.3 Å². The van der Waals surface area contributed by atoms with Crippen LogP contribution in [0.25, 0.3) is 10.4 Å². The molecule has 1 aromatic rings. The van der Waals surface area contributed by atoms with E-state index >= 15 is 0 Å². The first kappa shape index (κ1) is 31.2. The van der Waals surface area contributed by atoms with Crippen molar-refractivity contribution in [2.45, 2.75) is 135 Å². The van der Waals surface area contributed by atoms with Gasteiger partial charge in [0.25, 0.3) is 0 Å². The molecule has 0 radical (unpaired) electrons. The maximum Gasteiger partial charge on any atom is 0.250 e. The van der Waals surface area contributed by atoms with Gasteiger partial charge in [0.1, 0.15) is 17.1 Å². The number of nitrogens with zero attached hydrogens (tertiary/aromatic N) is 3. The zero-order valence-corrected chi connectivity index (χ0v) is 27.2. The molecule has 0 amide bonds. The summed E-state index contributed by atoms with van der Waals surface area (Å²) in [4.78, 5) is 3.05. The Bertz CT molecular complexity index is 1010. The summed E-state index contributed by atoms with van der Waals surface area (Å²) in [6.07, 6.45) is 9.00. The predicted octanol–water partition coefficient (Wildman–Crippen LogP) is 10.5. The Hall–Kier alpha value is -1.36. The Balaban J connectivity index is 2.08. The van der Waals surface area contributed by atoms with Gasteiger partial charge >= 0.3 is 0 Å². The number of halogens is 1. The minimum Gasteiger partial charge on any atom is -0.543 e. The molecule has 214 valence electrons. The Kier molecular flexibility index (Phi) is 9.86. The summed E-state index contributed by atoms with van der Waals surface area (Å²) >= 11 is 5.90. The molecule has 1 aliphatic heterocycles. The third kappa shape index (κ3) is 7.03. The molecule has 5 nitrogen and oxygen atoms in total. The van der Waals surface area contributed by atoms with Crippen molar-refractivity contribution in [3.8, 4) is 11.5 Å². The molecule has 3 atom stereocenters. The number of hydrogen-bond acceptors (Lipinski definition) is 3. The number of alkyl halides is 1. The Morgan fingerprint density at radius 2 is 1.79 bits per heavy atom. The van der Waals surface area contributed by atoms with E-state index in [1.165, 1.54) is 30.4 Å². The summed E-state index contributed by atoms with van der Waals surface area (Å²) in [6, 6.07) is 4.68. The zero-order chi connectivity index (χ0) is 28.4. The van der Waals surface area contributed by atoms with E-state index in [1.54, 1.807) is 0 Å². The number of unbranched alkanes of at least 4 members (excludes halogenated alkanes) is 3. The van der Waals surface area contributed by atoms with Crippen molar-refractivity contribution in [3.63, 3.8) is 0 Å². The van der Waals surface area contributed by atoms with Crippen LogP contribution in [0.4, 0.5) is 0 Å². The van der Waals surface area contributed by atoms with Gasteiger partial charge in [-0.25, -0.2) is 0 Å². The minimum absolute atomic E-state index is 0.0164.